The number of hydrogen-bond donors (Lipinski definition) is 2. The molecule has 1 aromatic heterocycles. The number of nitrogen functional groups attached to an aromatic ring is 1. The summed E-state index contributed by atoms with van der Waals surface area (Å²) in [4.78, 5) is 26.9. The Kier molecular flexibility index (Phi) is 5.27. The summed E-state index contributed by atoms with van der Waals surface area (Å²) in [6, 6.07) is 16.3. The highest BCUT2D eigenvalue weighted by Gasteiger charge is 2.16. The van der Waals surface area contributed by atoms with Crippen molar-refractivity contribution < 1.29 is 14.5 Å². The number of nitro benzene ring substituents is 1. The van der Waals surface area contributed by atoms with Crippen molar-refractivity contribution in [1.82, 2.24) is 4.98 Å². The molecule has 8 heteroatoms. The van der Waals surface area contributed by atoms with Gasteiger partial charge in [0.1, 0.15) is 18.0 Å². The average Bonchev–Trinajstić information content (AvgIpc) is 2.67. The molecule has 0 saturated heterocycles. The van der Waals surface area contributed by atoms with E-state index in [0.29, 0.717) is 18.0 Å². The van der Waals surface area contributed by atoms with Crippen LogP contribution in [0.1, 0.15) is 16.1 Å². The Morgan fingerprint density at radius 1 is 1.15 bits per heavy atom. The second-order valence-corrected chi connectivity index (χ2v) is 5.62. The summed E-state index contributed by atoms with van der Waals surface area (Å²) >= 11 is 0. The van der Waals surface area contributed by atoms with Crippen LogP contribution in [0.2, 0.25) is 0 Å². The fourth-order valence-electron chi connectivity index (χ4n) is 2.35. The predicted molar refractivity (Wildman–Crippen MR) is 100 cm³/mol. The number of aromatic nitrogens is 1. The number of nitro groups is 1. The van der Waals surface area contributed by atoms with E-state index in [-0.39, 0.29) is 16.9 Å². The molecule has 0 fully saturated rings. The van der Waals surface area contributed by atoms with Gasteiger partial charge in [-0.25, -0.2) is 0 Å². The van der Waals surface area contributed by atoms with Gasteiger partial charge in [0.05, 0.1) is 10.6 Å². The normalized spacial score (nSPS) is 10.2. The zero-order chi connectivity index (χ0) is 19.2. The third-order valence-corrected chi connectivity index (χ3v) is 3.69. The fraction of sp³-hybridized carbons (Fsp3) is 0.0526. The van der Waals surface area contributed by atoms with Crippen LogP contribution in [-0.4, -0.2) is 15.8 Å². The van der Waals surface area contributed by atoms with Crippen LogP contribution < -0.4 is 15.8 Å². The van der Waals surface area contributed by atoms with Gasteiger partial charge in [-0.15, -0.1) is 0 Å². The summed E-state index contributed by atoms with van der Waals surface area (Å²) in [6.07, 6.45) is 1.68. The van der Waals surface area contributed by atoms with E-state index in [1.54, 1.807) is 30.5 Å². The van der Waals surface area contributed by atoms with Crippen molar-refractivity contribution in [2.75, 3.05) is 11.1 Å². The molecular weight excluding hydrogens is 348 g/mol. The highest BCUT2D eigenvalue weighted by atomic mass is 16.6. The van der Waals surface area contributed by atoms with Crippen LogP contribution in [0.4, 0.5) is 17.1 Å². The van der Waals surface area contributed by atoms with E-state index >= 15 is 0 Å². The molecule has 8 nitrogen and oxygen atoms in total. The van der Waals surface area contributed by atoms with Gasteiger partial charge in [0, 0.05) is 29.6 Å². The summed E-state index contributed by atoms with van der Waals surface area (Å²) < 4.78 is 5.67. The number of carbonyl (C=O) groups is 1. The van der Waals surface area contributed by atoms with E-state index in [0.717, 1.165) is 11.8 Å². The van der Waals surface area contributed by atoms with Gasteiger partial charge in [0.15, 0.2) is 0 Å². The first-order valence-electron chi connectivity index (χ1n) is 8.01. The fourth-order valence-corrected chi connectivity index (χ4v) is 2.35. The van der Waals surface area contributed by atoms with Crippen molar-refractivity contribution in [2.24, 2.45) is 0 Å². The van der Waals surface area contributed by atoms with Gasteiger partial charge in [0.2, 0.25) is 0 Å². The maximum absolute atomic E-state index is 12.4. The molecule has 1 amide bonds. The molecule has 0 bridgehead atoms. The van der Waals surface area contributed by atoms with Crippen molar-refractivity contribution >= 4 is 23.0 Å². The number of benzene rings is 2. The quantitative estimate of drug-likeness (QED) is 0.393. The maximum atomic E-state index is 12.4. The summed E-state index contributed by atoms with van der Waals surface area (Å²) in [5.74, 6) is 0.0710. The second-order valence-electron chi connectivity index (χ2n) is 5.62. The Labute approximate surface area is 154 Å². The highest BCUT2D eigenvalue weighted by Crippen LogP contribution is 2.24. The number of rotatable bonds is 6. The number of hydrogen-bond acceptors (Lipinski definition) is 6. The lowest BCUT2D eigenvalue weighted by molar-refractivity contribution is -0.383. The minimum Gasteiger partial charge on any atom is -0.487 e. The number of pyridine rings is 1. The van der Waals surface area contributed by atoms with Gasteiger partial charge in [-0.2, -0.15) is 0 Å². The number of nitrogens with two attached hydrogens (primary N) is 1. The zero-order valence-electron chi connectivity index (χ0n) is 14.2. The van der Waals surface area contributed by atoms with Crippen molar-refractivity contribution in [1.29, 1.82) is 0 Å². The number of carbonyl (C=O) groups excluding carboxylic acids is 1. The van der Waals surface area contributed by atoms with Gasteiger partial charge in [0.25, 0.3) is 11.6 Å². The third-order valence-electron chi connectivity index (χ3n) is 3.69. The molecule has 3 rings (SSSR count). The van der Waals surface area contributed by atoms with E-state index in [4.69, 9.17) is 10.5 Å². The Morgan fingerprint density at radius 2 is 2.00 bits per heavy atom. The number of amides is 1. The van der Waals surface area contributed by atoms with Gasteiger partial charge in [-0.3, -0.25) is 19.9 Å². The average molecular weight is 364 g/mol. The van der Waals surface area contributed by atoms with Gasteiger partial charge >= 0.3 is 0 Å². The largest absolute Gasteiger partial charge is 0.487 e. The van der Waals surface area contributed by atoms with Crippen LogP contribution in [0.5, 0.6) is 5.75 Å². The predicted octanol–water partition coefficient (Wildman–Crippen LogP) is 3.40. The highest BCUT2D eigenvalue weighted by molar-refractivity contribution is 6.05. The van der Waals surface area contributed by atoms with E-state index in [1.807, 2.05) is 18.2 Å². The Bertz CT molecular complexity index is 976. The molecule has 0 atom stereocenters. The lowest BCUT2D eigenvalue weighted by Crippen LogP contribution is -2.12. The number of ether oxygens (including phenoxy) is 1. The molecule has 0 unspecified atom stereocenters. The molecule has 0 aliphatic rings. The lowest BCUT2D eigenvalue weighted by atomic mass is 10.1. The number of anilines is 2. The van der Waals surface area contributed by atoms with Crippen LogP contribution in [0, 0.1) is 10.1 Å². The minimum atomic E-state index is -0.627. The molecule has 0 aliphatic heterocycles. The smallest absolute Gasteiger partial charge is 0.292 e. The molecule has 0 saturated carbocycles. The van der Waals surface area contributed by atoms with Crippen molar-refractivity contribution in [3.05, 3.63) is 88.2 Å². The minimum absolute atomic E-state index is 0.00136. The number of nitrogens with one attached hydrogen (secondary N) is 1. The van der Waals surface area contributed by atoms with Gasteiger partial charge < -0.3 is 15.8 Å². The van der Waals surface area contributed by atoms with E-state index in [9.17, 15) is 14.9 Å². The second kappa shape index (κ2) is 7.96. The molecule has 0 aliphatic carbocycles. The van der Waals surface area contributed by atoms with E-state index in [2.05, 4.69) is 10.3 Å². The van der Waals surface area contributed by atoms with Gasteiger partial charge in [-0.1, -0.05) is 12.1 Å². The zero-order valence-corrected chi connectivity index (χ0v) is 14.2. The Morgan fingerprint density at radius 3 is 2.74 bits per heavy atom. The van der Waals surface area contributed by atoms with Gasteiger partial charge in [-0.05, 0) is 36.4 Å². The SMILES string of the molecule is Nc1ccc(C(=O)Nc2cccc(OCc3ccccn3)c2)cc1[N+](=O)[O-]. The van der Waals surface area contributed by atoms with Crippen molar-refractivity contribution in [2.45, 2.75) is 6.61 Å². The third kappa shape index (κ3) is 4.57. The van der Waals surface area contributed by atoms with Crippen LogP contribution in [0.15, 0.2) is 66.9 Å². The van der Waals surface area contributed by atoms with E-state index < -0.39 is 10.8 Å². The van der Waals surface area contributed by atoms with E-state index in [1.165, 1.54) is 12.1 Å². The standard InChI is InChI=1S/C19H16N4O4/c20-17-8-7-13(10-18(17)23(25)26)19(24)22-14-5-3-6-16(11-14)27-12-15-4-1-2-9-21-15/h1-11H,12,20H2,(H,22,24). The maximum Gasteiger partial charge on any atom is 0.292 e. The van der Waals surface area contributed by atoms with Crippen LogP contribution in [-0.2, 0) is 6.61 Å². The van der Waals surface area contributed by atoms with Crippen molar-refractivity contribution in [3.8, 4) is 5.75 Å². The first-order valence-corrected chi connectivity index (χ1v) is 8.01. The van der Waals surface area contributed by atoms with Crippen LogP contribution in [0.25, 0.3) is 0 Å². The summed E-state index contributed by atoms with van der Waals surface area (Å²) in [5, 5.41) is 13.6. The molecule has 27 heavy (non-hydrogen) atoms. The summed E-state index contributed by atoms with van der Waals surface area (Å²) in [5.41, 5.74) is 6.65. The monoisotopic (exact) mass is 364 g/mol. The first-order chi connectivity index (χ1) is 13.0. The van der Waals surface area contributed by atoms with Crippen LogP contribution >= 0.6 is 0 Å². The molecule has 3 N–H and O–H groups in total. The number of nitrogens with zero attached hydrogens (tertiary/aromatic N) is 2. The summed E-state index contributed by atoms with van der Waals surface area (Å²) in [6.45, 7) is 0.294. The molecule has 0 radical (unpaired) electrons. The molecule has 3 aromatic rings. The van der Waals surface area contributed by atoms with Crippen molar-refractivity contribution in [3.63, 3.8) is 0 Å². The molecular formula is C19H16N4O4. The molecule has 0 spiro atoms. The Hall–Kier alpha value is -3.94. The Balaban J connectivity index is 1.69. The molecule has 136 valence electrons. The molecule has 2 aromatic carbocycles. The summed E-state index contributed by atoms with van der Waals surface area (Å²) in [7, 11) is 0. The lowest BCUT2D eigenvalue weighted by Gasteiger charge is -2.09. The topological polar surface area (TPSA) is 120 Å². The van der Waals surface area contributed by atoms with Crippen LogP contribution in [0.3, 0.4) is 0 Å². The molecule has 1 heterocycles. The first kappa shape index (κ1) is 17.9.